The third kappa shape index (κ3) is 4.98. The van der Waals surface area contributed by atoms with Crippen LogP contribution < -0.4 is 4.90 Å². The minimum absolute atomic E-state index is 0.0724. The van der Waals surface area contributed by atoms with Gasteiger partial charge in [0.05, 0.1) is 0 Å². The van der Waals surface area contributed by atoms with Gasteiger partial charge in [0.2, 0.25) is 0 Å². The molecule has 0 saturated carbocycles. The zero-order valence-electron chi connectivity index (χ0n) is 29.3. The van der Waals surface area contributed by atoms with E-state index in [9.17, 15) is 0 Å². The van der Waals surface area contributed by atoms with Gasteiger partial charge in [0.25, 0.3) is 0 Å². The minimum Gasteiger partial charge on any atom is -0.310 e. The van der Waals surface area contributed by atoms with Crippen LogP contribution in [0.5, 0.6) is 0 Å². The van der Waals surface area contributed by atoms with E-state index in [-0.39, 0.29) is 16.2 Å². The van der Waals surface area contributed by atoms with E-state index in [4.69, 9.17) is 0 Å². The van der Waals surface area contributed by atoms with Gasteiger partial charge >= 0.3 is 0 Å². The van der Waals surface area contributed by atoms with E-state index in [2.05, 4.69) is 180 Å². The van der Waals surface area contributed by atoms with Crippen molar-refractivity contribution in [3.05, 3.63) is 161 Å². The molecule has 0 fully saturated rings. The van der Waals surface area contributed by atoms with E-state index in [1.54, 1.807) is 0 Å². The van der Waals surface area contributed by atoms with E-state index < -0.39 is 0 Å². The summed E-state index contributed by atoms with van der Waals surface area (Å²) >= 11 is 0. The van der Waals surface area contributed by atoms with Crippen molar-refractivity contribution in [1.82, 2.24) is 0 Å². The first kappa shape index (κ1) is 30.7. The molecule has 0 aromatic heterocycles. The number of benzene rings is 5. The highest BCUT2D eigenvalue weighted by Crippen LogP contribution is 2.52. The first-order valence-corrected chi connectivity index (χ1v) is 17.8. The Morgan fingerprint density at radius 3 is 1.85 bits per heavy atom. The molecular weight excluding hydrogens is 579 g/mol. The summed E-state index contributed by atoms with van der Waals surface area (Å²) in [7, 11) is 0. The number of anilines is 3. The Kier molecular flexibility index (Phi) is 7.18. The van der Waals surface area contributed by atoms with Crippen LogP contribution in [-0.2, 0) is 16.2 Å². The molecule has 0 N–H and O–H groups in total. The van der Waals surface area contributed by atoms with Crippen molar-refractivity contribution >= 4 is 17.1 Å². The minimum atomic E-state index is -0.0724. The number of rotatable bonds is 5. The molecule has 8 rings (SSSR count). The lowest BCUT2D eigenvalue weighted by Crippen LogP contribution is -2.34. The van der Waals surface area contributed by atoms with Crippen LogP contribution in [0.2, 0.25) is 0 Å². The van der Waals surface area contributed by atoms with Gasteiger partial charge in [-0.25, -0.2) is 0 Å². The number of fused-ring (bicyclic) bond motifs is 4. The molecule has 5 aromatic rings. The average Bonchev–Trinajstić information content (AvgIpc) is 3.33. The number of hydrogen-bond donors (Lipinski definition) is 0. The number of hydrogen-bond acceptors (Lipinski definition) is 1. The normalized spacial score (nSPS) is 19.3. The highest BCUT2D eigenvalue weighted by molar-refractivity contribution is 5.86. The summed E-state index contributed by atoms with van der Waals surface area (Å²) < 4.78 is 0. The van der Waals surface area contributed by atoms with Crippen LogP contribution in [0.25, 0.3) is 22.3 Å². The zero-order chi connectivity index (χ0) is 33.3. The fraction of sp³-hybridized carbons (Fsp3) is 0.277. The van der Waals surface area contributed by atoms with E-state index in [1.807, 2.05) is 0 Å². The summed E-state index contributed by atoms with van der Waals surface area (Å²) in [4.78, 5) is 2.53. The van der Waals surface area contributed by atoms with Crippen LogP contribution in [0.15, 0.2) is 133 Å². The molecule has 0 heterocycles. The maximum absolute atomic E-state index is 2.53. The molecule has 0 radical (unpaired) electrons. The van der Waals surface area contributed by atoms with Crippen LogP contribution >= 0.6 is 0 Å². The molecule has 0 bridgehead atoms. The molecule has 1 nitrogen and oxygen atoms in total. The highest BCUT2D eigenvalue weighted by Gasteiger charge is 2.38. The van der Waals surface area contributed by atoms with Crippen molar-refractivity contribution in [2.45, 2.75) is 83.0 Å². The molecule has 3 aliphatic carbocycles. The van der Waals surface area contributed by atoms with Crippen LogP contribution in [0, 0.1) is 0 Å². The fourth-order valence-corrected chi connectivity index (χ4v) is 8.68. The van der Waals surface area contributed by atoms with Crippen molar-refractivity contribution in [3.8, 4) is 22.3 Å². The quantitative estimate of drug-likeness (QED) is 0.188. The molecule has 1 heteroatoms. The Balaban J connectivity index is 1.35. The van der Waals surface area contributed by atoms with Gasteiger partial charge in [-0.05, 0) is 117 Å². The second-order valence-electron chi connectivity index (χ2n) is 16.0. The van der Waals surface area contributed by atoms with Crippen molar-refractivity contribution in [2.24, 2.45) is 0 Å². The molecule has 48 heavy (non-hydrogen) atoms. The Morgan fingerprint density at radius 1 is 0.521 bits per heavy atom. The van der Waals surface area contributed by atoms with Crippen molar-refractivity contribution < 1.29 is 0 Å². The second kappa shape index (κ2) is 11.2. The summed E-state index contributed by atoms with van der Waals surface area (Å²) in [5.74, 6) is 0.323. The third-order valence-electron chi connectivity index (χ3n) is 11.7. The van der Waals surface area contributed by atoms with Crippen molar-refractivity contribution in [3.63, 3.8) is 0 Å². The second-order valence-corrected chi connectivity index (χ2v) is 16.0. The topological polar surface area (TPSA) is 3.24 Å². The average molecular weight is 626 g/mol. The maximum atomic E-state index is 2.53. The van der Waals surface area contributed by atoms with Gasteiger partial charge in [0, 0.05) is 28.4 Å². The molecule has 0 aliphatic heterocycles. The molecule has 0 amide bonds. The zero-order valence-corrected chi connectivity index (χ0v) is 29.3. The Labute approximate surface area is 287 Å². The Morgan fingerprint density at radius 2 is 1.12 bits per heavy atom. The van der Waals surface area contributed by atoms with Gasteiger partial charge < -0.3 is 4.90 Å². The predicted molar refractivity (Wildman–Crippen MR) is 205 cm³/mol. The monoisotopic (exact) mass is 625 g/mol. The van der Waals surface area contributed by atoms with Gasteiger partial charge in [-0.1, -0.05) is 139 Å². The Hall–Kier alpha value is -4.62. The SMILES string of the molecule is CC1(C)CCC(C)(C)c2cc(N(c3ccc(-c4ccccc4)c(C4C=CC=CC4)c3)c3ccc4c(c3)C(C)(C)c3ccccc3-4)ccc21. The number of allylic oxidation sites excluding steroid dienone is 4. The lowest BCUT2D eigenvalue weighted by Gasteiger charge is -2.42. The molecule has 3 aliphatic rings. The van der Waals surface area contributed by atoms with Gasteiger partial charge in [-0.2, -0.15) is 0 Å². The largest absolute Gasteiger partial charge is 0.310 e. The van der Waals surface area contributed by atoms with Crippen LogP contribution in [0.1, 0.15) is 94.5 Å². The standard InChI is InChI=1S/C47H47N/c1-45(2)27-28-46(3,4)44-31-36(23-26-42(44)45)48(35-22-25-39-38-19-13-14-20-41(38)47(5,6)43(39)30-35)34-21-24-37(32-15-9-7-10-16-32)40(29-34)33-17-11-8-12-18-33/h7-17,19-26,29-31,33H,18,27-28H2,1-6H3. The molecule has 240 valence electrons. The molecule has 0 spiro atoms. The predicted octanol–water partition coefficient (Wildman–Crippen LogP) is 13.1. The molecule has 0 saturated heterocycles. The van der Waals surface area contributed by atoms with Gasteiger partial charge in [-0.15, -0.1) is 0 Å². The van der Waals surface area contributed by atoms with Crippen LogP contribution in [-0.4, -0.2) is 0 Å². The van der Waals surface area contributed by atoms with Gasteiger partial charge in [-0.3, -0.25) is 0 Å². The summed E-state index contributed by atoms with van der Waals surface area (Å²) in [6.45, 7) is 14.5. The fourth-order valence-electron chi connectivity index (χ4n) is 8.68. The summed E-state index contributed by atoms with van der Waals surface area (Å²) in [5.41, 5.74) is 16.3. The number of nitrogens with zero attached hydrogens (tertiary/aromatic N) is 1. The lowest BCUT2D eigenvalue weighted by molar-refractivity contribution is 0.332. The smallest absolute Gasteiger partial charge is 0.0465 e. The highest BCUT2D eigenvalue weighted by atomic mass is 15.1. The van der Waals surface area contributed by atoms with Crippen molar-refractivity contribution in [1.29, 1.82) is 0 Å². The van der Waals surface area contributed by atoms with E-state index in [0.717, 1.165) is 6.42 Å². The van der Waals surface area contributed by atoms with E-state index in [0.29, 0.717) is 5.92 Å². The molecule has 1 atom stereocenters. The first-order chi connectivity index (χ1) is 23.0. The van der Waals surface area contributed by atoms with Crippen molar-refractivity contribution in [2.75, 3.05) is 4.90 Å². The molecular formula is C47H47N. The van der Waals surface area contributed by atoms with Crippen LogP contribution in [0.4, 0.5) is 17.1 Å². The summed E-state index contributed by atoms with van der Waals surface area (Å²) in [6.07, 6.45) is 12.5. The molecule has 1 unspecified atom stereocenters. The van der Waals surface area contributed by atoms with Gasteiger partial charge in [0.1, 0.15) is 0 Å². The van der Waals surface area contributed by atoms with Gasteiger partial charge in [0.15, 0.2) is 0 Å². The van der Waals surface area contributed by atoms with E-state index in [1.165, 1.54) is 80.0 Å². The first-order valence-electron chi connectivity index (χ1n) is 17.8. The molecule has 5 aromatic carbocycles. The summed E-state index contributed by atoms with van der Waals surface area (Å²) in [6, 6.07) is 41.5. The summed E-state index contributed by atoms with van der Waals surface area (Å²) in [5, 5.41) is 0. The lowest BCUT2D eigenvalue weighted by atomic mass is 9.63. The van der Waals surface area contributed by atoms with E-state index >= 15 is 0 Å². The third-order valence-corrected chi connectivity index (χ3v) is 11.7. The van der Waals surface area contributed by atoms with Crippen LogP contribution in [0.3, 0.4) is 0 Å². The Bertz CT molecular complexity index is 2090. The maximum Gasteiger partial charge on any atom is 0.0465 e.